The van der Waals surface area contributed by atoms with Gasteiger partial charge in [0.25, 0.3) is 0 Å². The van der Waals surface area contributed by atoms with Crippen molar-refractivity contribution in [3.05, 3.63) is 51.8 Å². The van der Waals surface area contributed by atoms with Crippen molar-refractivity contribution < 1.29 is 4.79 Å². The first-order chi connectivity index (χ1) is 11.1. The fourth-order valence-electron chi connectivity index (χ4n) is 5.02. The van der Waals surface area contributed by atoms with Crippen molar-refractivity contribution in [2.75, 3.05) is 0 Å². The number of ketones is 1. The summed E-state index contributed by atoms with van der Waals surface area (Å²) in [6.45, 7) is 2.13. The molecule has 1 aromatic carbocycles. The van der Waals surface area contributed by atoms with Gasteiger partial charge < -0.3 is 0 Å². The van der Waals surface area contributed by atoms with Gasteiger partial charge in [-0.15, -0.1) is 0 Å². The number of carbonyl (C=O) groups is 1. The van der Waals surface area contributed by atoms with Gasteiger partial charge >= 0.3 is 0 Å². The minimum Gasteiger partial charge on any atom is -0.299 e. The van der Waals surface area contributed by atoms with Crippen LogP contribution in [-0.4, -0.2) is 15.6 Å². The number of nitrogens with zero attached hydrogens (tertiary/aromatic N) is 2. The van der Waals surface area contributed by atoms with E-state index in [0.29, 0.717) is 18.1 Å². The molecular weight excluding hydrogens is 352 g/mol. The van der Waals surface area contributed by atoms with Crippen LogP contribution in [0.2, 0.25) is 0 Å². The number of aryl methyl sites for hydroxylation is 1. The van der Waals surface area contributed by atoms with Gasteiger partial charge in [0.2, 0.25) is 0 Å². The van der Waals surface area contributed by atoms with Gasteiger partial charge in [-0.3, -0.25) is 9.48 Å². The predicted molar refractivity (Wildman–Crippen MR) is 93.3 cm³/mol. The van der Waals surface area contributed by atoms with E-state index in [2.05, 4.69) is 58.3 Å². The fraction of sp³-hybridized carbons (Fsp3) is 0.474. The van der Waals surface area contributed by atoms with Gasteiger partial charge in [0.15, 0.2) is 0 Å². The van der Waals surface area contributed by atoms with E-state index in [0.717, 1.165) is 23.9 Å². The Balaban J connectivity index is 2.01. The van der Waals surface area contributed by atoms with E-state index in [-0.39, 0.29) is 11.3 Å². The first-order valence-corrected chi connectivity index (χ1v) is 9.15. The van der Waals surface area contributed by atoms with Crippen LogP contribution in [-0.2, 0) is 23.7 Å². The van der Waals surface area contributed by atoms with Crippen molar-refractivity contribution >= 4 is 21.7 Å². The molecule has 0 N–H and O–H groups in total. The van der Waals surface area contributed by atoms with Gasteiger partial charge in [0.1, 0.15) is 10.4 Å². The van der Waals surface area contributed by atoms with Crippen LogP contribution in [0.5, 0.6) is 0 Å². The van der Waals surface area contributed by atoms with Gasteiger partial charge in [-0.1, -0.05) is 37.3 Å². The Kier molecular flexibility index (Phi) is 3.49. The number of fused-ring (bicyclic) bond motifs is 3. The highest BCUT2D eigenvalue weighted by Gasteiger charge is 2.53. The molecule has 0 saturated heterocycles. The molecule has 1 aromatic heterocycles. The molecule has 0 radical (unpaired) electrons. The van der Waals surface area contributed by atoms with Crippen LogP contribution in [0.15, 0.2) is 34.9 Å². The van der Waals surface area contributed by atoms with Crippen LogP contribution in [0, 0.1) is 11.8 Å². The minimum atomic E-state index is -0.0874. The van der Waals surface area contributed by atoms with Crippen molar-refractivity contribution in [2.24, 2.45) is 18.9 Å². The number of carbonyl (C=O) groups excluding carboxylic acids is 1. The standard InChI is InChI=1S/C19H21BrN2O/c1-12-15-9-8-14-17(22(2)21-18(14)20)19(15,11-10-16(12)23)13-6-4-3-5-7-13/h3-7,12,15H,8-11H2,1-2H3/t12-,15-,19+/m0/s1. The van der Waals surface area contributed by atoms with Crippen LogP contribution in [0.3, 0.4) is 0 Å². The number of Topliss-reactive ketones (excluding diaryl/α,β-unsaturated/α-hetero) is 1. The fourth-order valence-corrected chi connectivity index (χ4v) is 5.64. The van der Waals surface area contributed by atoms with Crippen molar-refractivity contribution in [1.82, 2.24) is 9.78 Å². The van der Waals surface area contributed by atoms with Crippen molar-refractivity contribution in [1.29, 1.82) is 0 Å². The lowest BCUT2D eigenvalue weighted by Gasteiger charge is -2.50. The predicted octanol–water partition coefficient (Wildman–Crippen LogP) is 4.03. The average molecular weight is 373 g/mol. The quantitative estimate of drug-likeness (QED) is 0.757. The maximum Gasteiger partial charge on any atom is 0.136 e. The Morgan fingerprint density at radius 1 is 1.26 bits per heavy atom. The molecule has 0 bridgehead atoms. The second kappa shape index (κ2) is 5.30. The summed E-state index contributed by atoms with van der Waals surface area (Å²) >= 11 is 3.64. The first-order valence-electron chi connectivity index (χ1n) is 8.36. The summed E-state index contributed by atoms with van der Waals surface area (Å²) in [5.41, 5.74) is 3.89. The zero-order valence-corrected chi connectivity index (χ0v) is 15.1. The summed E-state index contributed by atoms with van der Waals surface area (Å²) in [5, 5.41) is 4.65. The van der Waals surface area contributed by atoms with E-state index < -0.39 is 0 Å². The Hall–Kier alpha value is -1.42. The van der Waals surface area contributed by atoms with Crippen LogP contribution in [0.25, 0.3) is 0 Å². The van der Waals surface area contributed by atoms with E-state index in [1.54, 1.807) is 0 Å². The zero-order valence-electron chi connectivity index (χ0n) is 13.6. The third-order valence-corrected chi connectivity index (χ3v) is 6.66. The van der Waals surface area contributed by atoms with Gasteiger partial charge in [-0.2, -0.15) is 5.10 Å². The smallest absolute Gasteiger partial charge is 0.136 e. The van der Waals surface area contributed by atoms with E-state index >= 15 is 0 Å². The molecule has 4 heteroatoms. The molecule has 3 nitrogen and oxygen atoms in total. The zero-order chi connectivity index (χ0) is 16.2. The molecule has 2 aliphatic rings. The van der Waals surface area contributed by atoms with Crippen molar-refractivity contribution in [2.45, 2.75) is 38.0 Å². The van der Waals surface area contributed by atoms with E-state index in [1.165, 1.54) is 16.8 Å². The molecule has 120 valence electrons. The second-order valence-electron chi connectivity index (χ2n) is 6.98. The maximum absolute atomic E-state index is 12.4. The Bertz CT molecular complexity index is 767. The van der Waals surface area contributed by atoms with Gasteiger partial charge in [-0.25, -0.2) is 0 Å². The van der Waals surface area contributed by atoms with Crippen LogP contribution in [0.1, 0.15) is 43.0 Å². The molecule has 0 aliphatic heterocycles. The molecule has 1 heterocycles. The minimum absolute atomic E-state index is 0.0874. The lowest BCUT2D eigenvalue weighted by Crippen LogP contribution is -2.50. The Morgan fingerprint density at radius 2 is 2.00 bits per heavy atom. The van der Waals surface area contributed by atoms with E-state index in [1.807, 2.05) is 11.7 Å². The molecule has 1 fully saturated rings. The summed E-state index contributed by atoms with van der Waals surface area (Å²) < 4.78 is 3.01. The lowest BCUT2D eigenvalue weighted by atomic mass is 9.53. The summed E-state index contributed by atoms with van der Waals surface area (Å²) in [5.74, 6) is 0.901. The molecule has 4 rings (SSSR count). The Morgan fingerprint density at radius 3 is 2.74 bits per heavy atom. The normalized spacial score (nSPS) is 30.0. The number of hydrogen-bond donors (Lipinski definition) is 0. The molecule has 23 heavy (non-hydrogen) atoms. The second-order valence-corrected chi connectivity index (χ2v) is 7.73. The van der Waals surface area contributed by atoms with Crippen LogP contribution in [0.4, 0.5) is 0 Å². The molecule has 0 unspecified atom stereocenters. The third-order valence-electron chi connectivity index (χ3n) is 6.02. The average Bonchev–Trinajstić information content (AvgIpc) is 2.87. The number of aromatic nitrogens is 2. The SMILES string of the molecule is C[C@@H]1C(=O)CC[C@]2(c3ccccc3)c3c(c(Br)nn3C)CC[C@@H]12. The molecule has 2 aromatic rings. The summed E-state index contributed by atoms with van der Waals surface area (Å²) in [7, 11) is 2.04. The summed E-state index contributed by atoms with van der Waals surface area (Å²) in [4.78, 5) is 12.4. The number of hydrogen-bond acceptors (Lipinski definition) is 2. The molecule has 2 aliphatic carbocycles. The van der Waals surface area contributed by atoms with Crippen LogP contribution >= 0.6 is 15.9 Å². The van der Waals surface area contributed by atoms with Gasteiger partial charge in [-0.05, 0) is 46.7 Å². The first kappa shape index (κ1) is 15.1. The highest BCUT2D eigenvalue weighted by Crippen LogP contribution is 2.55. The number of rotatable bonds is 1. The monoisotopic (exact) mass is 372 g/mol. The number of halogens is 1. The summed E-state index contributed by atoms with van der Waals surface area (Å²) in [6, 6.07) is 10.7. The molecule has 0 amide bonds. The third kappa shape index (κ3) is 2.00. The van der Waals surface area contributed by atoms with Crippen LogP contribution < -0.4 is 0 Å². The summed E-state index contributed by atoms with van der Waals surface area (Å²) in [6.07, 6.45) is 3.61. The van der Waals surface area contributed by atoms with E-state index in [4.69, 9.17) is 0 Å². The molecular formula is C19H21BrN2O. The van der Waals surface area contributed by atoms with Crippen molar-refractivity contribution in [3.63, 3.8) is 0 Å². The largest absolute Gasteiger partial charge is 0.299 e. The van der Waals surface area contributed by atoms with Crippen molar-refractivity contribution in [3.8, 4) is 0 Å². The lowest BCUT2D eigenvalue weighted by molar-refractivity contribution is -0.128. The topological polar surface area (TPSA) is 34.9 Å². The highest BCUT2D eigenvalue weighted by atomic mass is 79.9. The molecule has 3 atom stereocenters. The highest BCUT2D eigenvalue weighted by molar-refractivity contribution is 9.10. The Labute approximate surface area is 145 Å². The molecule has 0 spiro atoms. The molecule has 1 saturated carbocycles. The van der Waals surface area contributed by atoms with Gasteiger partial charge in [0, 0.05) is 30.4 Å². The van der Waals surface area contributed by atoms with Gasteiger partial charge in [0.05, 0.1) is 5.69 Å². The number of benzene rings is 1. The maximum atomic E-state index is 12.4. The van der Waals surface area contributed by atoms with E-state index in [9.17, 15) is 4.79 Å².